The van der Waals surface area contributed by atoms with Gasteiger partial charge in [0.1, 0.15) is 10.7 Å². The van der Waals surface area contributed by atoms with Gasteiger partial charge < -0.3 is 15.0 Å². The van der Waals surface area contributed by atoms with E-state index in [0.29, 0.717) is 17.8 Å². The molecule has 1 fully saturated rings. The van der Waals surface area contributed by atoms with Gasteiger partial charge in [0.05, 0.1) is 17.9 Å². The average Bonchev–Trinajstić information content (AvgIpc) is 3.08. The number of amides is 1. The number of nitrogens with zero attached hydrogens (tertiary/aromatic N) is 4. The lowest BCUT2D eigenvalue weighted by Gasteiger charge is -2.36. The molecule has 8 heteroatoms. The molecule has 0 radical (unpaired) electrons. The molecule has 1 aliphatic rings. The molecule has 7 nitrogen and oxygen atoms in total. The summed E-state index contributed by atoms with van der Waals surface area (Å²) in [5.41, 5.74) is 1.70. The zero-order valence-corrected chi connectivity index (χ0v) is 15.5. The van der Waals surface area contributed by atoms with Crippen molar-refractivity contribution in [2.45, 2.75) is 45.9 Å². The molecule has 1 amide bonds. The first-order chi connectivity index (χ1) is 12.1. The summed E-state index contributed by atoms with van der Waals surface area (Å²) in [6.45, 7) is 8.22. The number of pyridine rings is 1. The Morgan fingerprint density at radius 1 is 1.36 bits per heavy atom. The summed E-state index contributed by atoms with van der Waals surface area (Å²) < 4.78 is 9.60. The lowest BCUT2D eigenvalue weighted by molar-refractivity contribution is -0.00546. The minimum absolute atomic E-state index is 0.133. The lowest BCUT2D eigenvalue weighted by atomic mass is 10.2. The molecule has 1 aliphatic heterocycles. The molecule has 3 rings (SSSR count). The lowest BCUT2D eigenvalue weighted by Crippen LogP contribution is -2.45. The standard InChI is InChI=1S/C17H23N5O2S/c1-4-14-16(25-21-20-14)17(23)19-8-13-5-6-15(18-7-13)22-9-11(2)24-12(3)10-22/h5-7,11-12H,4,8-10H2,1-3H3,(H,19,23)/t11-,12-/m0/s1. The van der Waals surface area contributed by atoms with Gasteiger partial charge in [0.25, 0.3) is 5.91 Å². The number of aryl methyl sites for hydroxylation is 1. The third kappa shape index (κ3) is 4.32. The van der Waals surface area contributed by atoms with Gasteiger partial charge >= 0.3 is 0 Å². The van der Waals surface area contributed by atoms with Gasteiger partial charge in [-0.05, 0) is 43.4 Å². The van der Waals surface area contributed by atoms with Crippen LogP contribution in [0.2, 0.25) is 0 Å². The minimum Gasteiger partial charge on any atom is -0.372 e. The fourth-order valence-electron chi connectivity index (χ4n) is 2.95. The predicted octanol–water partition coefficient (Wildman–Crippen LogP) is 2.04. The smallest absolute Gasteiger partial charge is 0.265 e. The van der Waals surface area contributed by atoms with E-state index in [9.17, 15) is 4.79 Å². The molecule has 0 aliphatic carbocycles. The third-order valence-corrected chi connectivity index (χ3v) is 4.87. The topological polar surface area (TPSA) is 80.2 Å². The van der Waals surface area contributed by atoms with Crippen LogP contribution >= 0.6 is 11.5 Å². The zero-order valence-electron chi connectivity index (χ0n) is 14.7. The van der Waals surface area contributed by atoms with Crippen molar-refractivity contribution < 1.29 is 9.53 Å². The van der Waals surface area contributed by atoms with Crippen molar-refractivity contribution >= 4 is 23.3 Å². The van der Waals surface area contributed by atoms with Crippen molar-refractivity contribution in [3.05, 3.63) is 34.5 Å². The Morgan fingerprint density at radius 2 is 2.12 bits per heavy atom. The third-order valence-electron chi connectivity index (χ3n) is 4.10. The normalized spacial score (nSPS) is 20.5. The second kappa shape index (κ2) is 7.88. The molecule has 1 saturated heterocycles. The molecule has 2 aromatic heterocycles. The summed E-state index contributed by atoms with van der Waals surface area (Å²) >= 11 is 1.13. The number of hydrogen-bond donors (Lipinski definition) is 1. The first-order valence-electron chi connectivity index (χ1n) is 8.51. The van der Waals surface area contributed by atoms with Crippen molar-refractivity contribution in [2.75, 3.05) is 18.0 Å². The number of ether oxygens (including phenoxy) is 1. The Kier molecular flexibility index (Phi) is 5.60. The van der Waals surface area contributed by atoms with Crippen LogP contribution in [0, 0.1) is 0 Å². The van der Waals surface area contributed by atoms with E-state index in [4.69, 9.17) is 4.74 Å². The van der Waals surface area contributed by atoms with Crippen LogP contribution < -0.4 is 10.2 Å². The Bertz CT molecular complexity index is 708. The van der Waals surface area contributed by atoms with E-state index in [1.165, 1.54) is 0 Å². The molecular formula is C17H23N5O2S. The van der Waals surface area contributed by atoms with Crippen LogP contribution in [0.5, 0.6) is 0 Å². The van der Waals surface area contributed by atoms with Gasteiger partial charge in [-0.1, -0.05) is 17.5 Å². The van der Waals surface area contributed by atoms with E-state index >= 15 is 0 Å². The van der Waals surface area contributed by atoms with Crippen LogP contribution in [-0.2, 0) is 17.7 Å². The number of carbonyl (C=O) groups excluding carboxylic acids is 1. The van der Waals surface area contributed by atoms with Gasteiger partial charge in [-0.3, -0.25) is 4.79 Å². The molecule has 0 saturated carbocycles. The Labute approximate surface area is 151 Å². The highest BCUT2D eigenvalue weighted by atomic mass is 32.1. The van der Waals surface area contributed by atoms with E-state index in [2.05, 4.69) is 38.6 Å². The maximum absolute atomic E-state index is 12.2. The van der Waals surface area contributed by atoms with Crippen molar-refractivity contribution in [1.82, 2.24) is 19.9 Å². The van der Waals surface area contributed by atoms with Gasteiger partial charge in [0, 0.05) is 25.8 Å². The van der Waals surface area contributed by atoms with Crippen molar-refractivity contribution in [1.29, 1.82) is 0 Å². The maximum atomic E-state index is 12.2. The van der Waals surface area contributed by atoms with Crippen LogP contribution in [0.4, 0.5) is 5.82 Å². The van der Waals surface area contributed by atoms with Gasteiger partial charge in [-0.2, -0.15) is 0 Å². The van der Waals surface area contributed by atoms with Gasteiger partial charge in [0.2, 0.25) is 0 Å². The molecule has 25 heavy (non-hydrogen) atoms. The second-order valence-electron chi connectivity index (χ2n) is 6.27. The van der Waals surface area contributed by atoms with E-state index < -0.39 is 0 Å². The first-order valence-corrected chi connectivity index (χ1v) is 9.29. The molecule has 2 atom stereocenters. The van der Waals surface area contributed by atoms with Gasteiger partial charge in [-0.15, -0.1) is 5.10 Å². The quantitative estimate of drug-likeness (QED) is 0.878. The number of nitrogens with one attached hydrogen (secondary N) is 1. The van der Waals surface area contributed by atoms with Crippen molar-refractivity contribution in [3.63, 3.8) is 0 Å². The largest absolute Gasteiger partial charge is 0.372 e. The molecule has 0 unspecified atom stereocenters. The number of hydrogen-bond acceptors (Lipinski definition) is 7. The van der Waals surface area contributed by atoms with Crippen LogP contribution in [0.15, 0.2) is 18.3 Å². The van der Waals surface area contributed by atoms with E-state index in [0.717, 1.165) is 41.7 Å². The Morgan fingerprint density at radius 3 is 2.76 bits per heavy atom. The van der Waals surface area contributed by atoms with E-state index in [-0.39, 0.29) is 18.1 Å². The summed E-state index contributed by atoms with van der Waals surface area (Å²) in [6, 6.07) is 4.00. The van der Waals surface area contributed by atoms with E-state index in [1.54, 1.807) is 0 Å². The molecule has 1 N–H and O–H groups in total. The summed E-state index contributed by atoms with van der Waals surface area (Å²) in [6.07, 6.45) is 2.91. The molecule has 0 aromatic carbocycles. The molecule has 0 spiro atoms. The molecule has 0 bridgehead atoms. The monoisotopic (exact) mass is 361 g/mol. The molecule has 134 valence electrons. The zero-order chi connectivity index (χ0) is 17.8. The number of carbonyl (C=O) groups is 1. The summed E-state index contributed by atoms with van der Waals surface area (Å²) in [4.78, 5) is 19.6. The fraction of sp³-hybridized carbons (Fsp3) is 0.529. The highest BCUT2D eigenvalue weighted by molar-refractivity contribution is 7.08. The summed E-state index contributed by atoms with van der Waals surface area (Å²) in [7, 11) is 0. The SMILES string of the molecule is CCc1nnsc1C(=O)NCc1ccc(N2C[C@H](C)O[C@@H](C)C2)nc1. The van der Waals surface area contributed by atoms with Crippen molar-refractivity contribution in [3.8, 4) is 0 Å². The average molecular weight is 361 g/mol. The number of anilines is 1. The van der Waals surface area contributed by atoms with E-state index in [1.807, 2.05) is 25.3 Å². The molecule has 3 heterocycles. The van der Waals surface area contributed by atoms with Crippen LogP contribution in [0.3, 0.4) is 0 Å². The molecule has 2 aromatic rings. The first kappa shape index (κ1) is 17.8. The fourth-order valence-corrected chi connectivity index (χ4v) is 3.61. The Hall–Kier alpha value is -2.06. The van der Waals surface area contributed by atoms with Crippen LogP contribution in [-0.4, -0.2) is 45.8 Å². The second-order valence-corrected chi connectivity index (χ2v) is 7.03. The van der Waals surface area contributed by atoms with Gasteiger partial charge in [-0.25, -0.2) is 4.98 Å². The molecular weight excluding hydrogens is 338 g/mol. The summed E-state index contributed by atoms with van der Waals surface area (Å²) in [5.74, 6) is 0.809. The number of rotatable bonds is 5. The Balaban J connectivity index is 1.58. The van der Waals surface area contributed by atoms with Crippen molar-refractivity contribution in [2.24, 2.45) is 0 Å². The maximum Gasteiger partial charge on any atom is 0.265 e. The predicted molar refractivity (Wildman–Crippen MR) is 96.9 cm³/mol. The van der Waals surface area contributed by atoms with Crippen LogP contribution in [0.25, 0.3) is 0 Å². The number of morpholine rings is 1. The highest BCUT2D eigenvalue weighted by Gasteiger charge is 2.23. The van der Waals surface area contributed by atoms with Crippen LogP contribution in [0.1, 0.15) is 41.7 Å². The highest BCUT2D eigenvalue weighted by Crippen LogP contribution is 2.18. The summed E-state index contributed by atoms with van der Waals surface area (Å²) in [5, 5.41) is 6.87. The number of aromatic nitrogens is 3. The van der Waals surface area contributed by atoms with Gasteiger partial charge in [0.15, 0.2) is 0 Å². The minimum atomic E-state index is -0.133.